The number of hydrogen-bond acceptors (Lipinski definition) is 5. The predicted octanol–water partition coefficient (Wildman–Crippen LogP) is 2.20. The van der Waals surface area contributed by atoms with Crippen molar-refractivity contribution in [3.63, 3.8) is 0 Å². The van der Waals surface area contributed by atoms with Crippen LogP contribution in [0.2, 0.25) is 0 Å². The molecule has 0 aliphatic heterocycles. The third-order valence-electron chi connectivity index (χ3n) is 3.03. The molecule has 2 aromatic rings. The summed E-state index contributed by atoms with van der Waals surface area (Å²) in [6.45, 7) is -0.288. The zero-order valence-electron chi connectivity index (χ0n) is 12.3. The first kappa shape index (κ1) is 17.0. The molecule has 0 aromatic heterocycles. The second-order valence-electron chi connectivity index (χ2n) is 4.75. The van der Waals surface area contributed by atoms with Crippen LogP contribution >= 0.6 is 0 Å². The molecule has 0 radical (unpaired) electrons. The molecular weight excluding hydrogens is 318 g/mol. The minimum atomic E-state index is -3.50. The summed E-state index contributed by atoms with van der Waals surface area (Å²) in [5, 5.41) is 11.3. The molecule has 0 aliphatic carbocycles. The third-order valence-corrected chi connectivity index (χ3v) is 4.74. The van der Waals surface area contributed by atoms with Crippen LogP contribution in [0, 0.1) is 0 Å². The summed E-state index contributed by atoms with van der Waals surface area (Å²) in [6.07, 6.45) is -0.625. The zero-order chi connectivity index (χ0) is 16.7. The van der Waals surface area contributed by atoms with Crippen molar-refractivity contribution in [2.45, 2.75) is 11.5 Å². The summed E-state index contributed by atoms with van der Waals surface area (Å²) < 4.78 is 28.6. The number of sulfone groups is 1. The molecule has 0 saturated carbocycles. The quantitative estimate of drug-likeness (QED) is 0.844. The number of rotatable bonds is 6. The molecule has 7 heteroatoms. The molecule has 0 bridgehead atoms. The number of aliphatic hydroxyl groups is 1. The van der Waals surface area contributed by atoms with E-state index < -0.39 is 22.5 Å². The van der Waals surface area contributed by atoms with E-state index in [1.54, 1.807) is 0 Å². The molecule has 0 fully saturated rings. The summed E-state index contributed by atoms with van der Waals surface area (Å²) in [7, 11) is -3.50. The average Bonchev–Trinajstić information content (AvgIpc) is 2.54. The summed E-state index contributed by atoms with van der Waals surface area (Å²) in [6, 6.07) is 14.9. The number of carbonyl (C=O) groups excluding carboxylic acids is 1. The molecular formula is C16H17NO5S. The van der Waals surface area contributed by atoms with Gasteiger partial charge in [-0.25, -0.2) is 13.2 Å². The first-order valence-corrected chi connectivity index (χ1v) is 8.58. The highest BCUT2D eigenvalue weighted by Crippen LogP contribution is 2.15. The normalized spacial score (nSPS) is 11.0. The molecule has 2 aromatic carbocycles. The zero-order valence-corrected chi connectivity index (χ0v) is 13.1. The number of carbonyl (C=O) groups is 1. The van der Waals surface area contributed by atoms with Gasteiger partial charge in [0.15, 0.2) is 9.84 Å². The van der Waals surface area contributed by atoms with Crippen LogP contribution in [0.25, 0.3) is 0 Å². The van der Waals surface area contributed by atoms with Crippen LogP contribution in [-0.4, -0.2) is 32.0 Å². The van der Waals surface area contributed by atoms with Crippen LogP contribution in [0.1, 0.15) is 5.56 Å². The highest BCUT2D eigenvalue weighted by molar-refractivity contribution is 7.91. The number of anilines is 1. The van der Waals surface area contributed by atoms with Crippen molar-refractivity contribution in [2.24, 2.45) is 0 Å². The van der Waals surface area contributed by atoms with E-state index in [4.69, 9.17) is 9.84 Å². The fourth-order valence-corrected chi connectivity index (χ4v) is 2.89. The Hall–Kier alpha value is -2.38. The molecule has 1 amide bonds. The van der Waals surface area contributed by atoms with Crippen molar-refractivity contribution in [3.8, 4) is 0 Å². The lowest BCUT2D eigenvalue weighted by Gasteiger charge is -2.08. The molecule has 0 atom stereocenters. The fourth-order valence-electron chi connectivity index (χ4n) is 1.86. The molecule has 0 aliphatic rings. The van der Waals surface area contributed by atoms with Gasteiger partial charge in [-0.1, -0.05) is 30.3 Å². The van der Waals surface area contributed by atoms with Crippen molar-refractivity contribution in [3.05, 3.63) is 60.2 Å². The predicted molar refractivity (Wildman–Crippen MR) is 85.8 cm³/mol. The average molecular weight is 335 g/mol. The van der Waals surface area contributed by atoms with E-state index in [0.717, 1.165) is 5.56 Å². The first-order chi connectivity index (χ1) is 11.0. The van der Waals surface area contributed by atoms with Crippen LogP contribution in [0.15, 0.2) is 59.5 Å². The summed E-state index contributed by atoms with van der Waals surface area (Å²) >= 11 is 0. The van der Waals surface area contributed by atoms with Crippen LogP contribution in [0.3, 0.4) is 0 Å². The summed E-state index contributed by atoms with van der Waals surface area (Å²) in [4.78, 5) is 11.8. The smallest absolute Gasteiger partial charge is 0.411 e. The maximum atomic E-state index is 11.8. The van der Waals surface area contributed by atoms with Crippen molar-refractivity contribution in [1.29, 1.82) is 0 Å². The molecule has 6 nitrogen and oxygen atoms in total. The highest BCUT2D eigenvalue weighted by Gasteiger charge is 2.13. The highest BCUT2D eigenvalue weighted by atomic mass is 32.2. The van der Waals surface area contributed by atoms with E-state index in [9.17, 15) is 13.2 Å². The van der Waals surface area contributed by atoms with Crippen molar-refractivity contribution >= 4 is 21.6 Å². The van der Waals surface area contributed by atoms with Crippen LogP contribution in [-0.2, 0) is 21.2 Å². The summed E-state index contributed by atoms with van der Waals surface area (Å²) in [5.74, 6) is -0.334. The Morgan fingerprint density at radius 1 is 1.04 bits per heavy atom. The molecule has 0 unspecified atom stereocenters. The Labute approximate surface area is 134 Å². The molecule has 122 valence electrons. The lowest BCUT2D eigenvalue weighted by atomic mass is 10.2. The number of benzene rings is 2. The van der Waals surface area contributed by atoms with E-state index in [1.165, 1.54) is 24.3 Å². The van der Waals surface area contributed by atoms with Crippen LogP contribution < -0.4 is 5.32 Å². The lowest BCUT2D eigenvalue weighted by molar-refractivity contribution is 0.155. The van der Waals surface area contributed by atoms with Crippen LogP contribution in [0.5, 0.6) is 0 Å². The van der Waals surface area contributed by atoms with Gasteiger partial charge in [0.1, 0.15) is 6.61 Å². The van der Waals surface area contributed by atoms with Gasteiger partial charge in [0.25, 0.3) is 0 Å². The van der Waals surface area contributed by atoms with Gasteiger partial charge in [-0.05, 0) is 29.8 Å². The number of amides is 1. The minimum Gasteiger partial charge on any atom is -0.444 e. The fraction of sp³-hybridized carbons (Fsp3) is 0.188. The molecule has 0 spiro atoms. The number of aliphatic hydroxyl groups excluding tert-OH is 1. The molecule has 0 heterocycles. The monoisotopic (exact) mass is 335 g/mol. The van der Waals surface area contributed by atoms with Crippen LogP contribution in [0.4, 0.5) is 10.5 Å². The summed E-state index contributed by atoms with van der Waals surface area (Å²) in [5.41, 5.74) is 1.29. The second-order valence-corrected chi connectivity index (χ2v) is 6.86. The Morgan fingerprint density at radius 3 is 2.30 bits per heavy atom. The van der Waals surface area contributed by atoms with Gasteiger partial charge < -0.3 is 9.84 Å². The third kappa shape index (κ3) is 5.08. The van der Waals surface area contributed by atoms with Gasteiger partial charge >= 0.3 is 6.09 Å². The molecule has 0 saturated heterocycles. The van der Waals surface area contributed by atoms with Crippen molar-refractivity contribution < 1.29 is 23.1 Å². The standard InChI is InChI=1S/C16H17NO5S/c18-10-11-23(20,21)15-8-6-14(7-9-15)17-16(19)22-12-13-4-2-1-3-5-13/h1-9,18H,10-12H2,(H,17,19). The van der Waals surface area contributed by atoms with Crippen molar-refractivity contribution in [1.82, 2.24) is 0 Å². The maximum absolute atomic E-state index is 11.8. The number of nitrogens with one attached hydrogen (secondary N) is 1. The van der Waals surface area contributed by atoms with E-state index >= 15 is 0 Å². The van der Waals surface area contributed by atoms with Crippen molar-refractivity contribution in [2.75, 3.05) is 17.7 Å². The molecule has 2 N–H and O–H groups in total. The SMILES string of the molecule is O=C(Nc1ccc(S(=O)(=O)CCO)cc1)OCc1ccccc1. The Balaban J connectivity index is 1.92. The Bertz CT molecular complexity index is 742. The largest absolute Gasteiger partial charge is 0.444 e. The number of hydrogen-bond donors (Lipinski definition) is 2. The van der Waals surface area contributed by atoms with Gasteiger partial charge in [-0.2, -0.15) is 0 Å². The van der Waals surface area contributed by atoms with Gasteiger partial charge in [0.05, 0.1) is 17.3 Å². The van der Waals surface area contributed by atoms with Gasteiger partial charge in [0, 0.05) is 5.69 Å². The maximum Gasteiger partial charge on any atom is 0.411 e. The van der Waals surface area contributed by atoms with E-state index in [-0.39, 0.29) is 17.3 Å². The topological polar surface area (TPSA) is 92.7 Å². The van der Waals surface area contributed by atoms with E-state index in [0.29, 0.717) is 5.69 Å². The first-order valence-electron chi connectivity index (χ1n) is 6.92. The Kier molecular flexibility index (Phi) is 5.72. The molecule has 23 heavy (non-hydrogen) atoms. The van der Waals surface area contributed by atoms with E-state index in [2.05, 4.69) is 5.32 Å². The van der Waals surface area contributed by atoms with Gasteiger partial charge in [-0.15, -0.1) is 0 Å². The van der Waals surface area contributed by atoms with Gasteiger partial charge in [0.2, 0.25) is 0 Å². The lowest BCUT2D eigenvalue weighted by Crippen LogP contribution is -2.14. The van der Waals surface area contributed by atoms with E-state index in [1.807, 2.05) is 30.3 Å². The minimum absolute atomic E-state index is 0.0924. The molecule has 2 rings (SSSR count). The van der Waals surface area contributed by atoms with Gasteiger partial charge in [-0.3, -0.25) is 5.32 Å². The number of ether oxygens (including phenoxy) is 1. The second kappa shape index (κ2) is 7.75. The Morgan fingerprint density at radius 2 is 1.70 bits per heavy atom.